The zero-order valence-electron chi connectivity index (χ0n) is 25.6. The van der Waals surface area contributed by atoms with Gasteiger partial charge >= 0.3 is 0 Å². The van der Waals surface area contributed by atoms with Gasteiger partial charge in [-0.3, -0.25) is 14.4 Å². The quantitative estimate of drug-likeness (QED) is 0.478. The summed E-state index contributed by atoms with van der Waals surface area (Å²) in [7, 11) is 0. The standard InChI is InChI=1S/C35H41N3O4S/c1-22(2)20-26(21-39)38-30-33(42)37(29-23(3)12-9-13-24(29)4)19-11-17-35(30)28(32(38)41)27-31(40)36(25-14-7-6-8-15-25)18-10-16-34(27,5)43-35/h6-17,22,26-28,30,39H,18-21H2,1-5H3/t26-,27-,28+,30?,34+,35+/m1/s1. The van der Waals surface area contributed by atoms with Gasteiger partial charge in [-0.15, -0.1) is 11.8 Å². The van der Waals surface area contributed by atoms with Crippen LogP contribution in [-0.4, -0.2) is 69.0 Å². The highest BCUT2D eigenvalue weighted by Gasteiger charge is 2.74. The number of rotatable bonds is 6. The molecule has 8 heteroatoms. The lowest BCUT2D eigenvalue weighted by Gasteiger charge is -2.40. The lowest BCUT2D eigenvalue weighted by Crippen LogP contribution is -2.57. The molecule has 0 aromatic heterocycles. The number of aliphatic hydroxyl groups is 1. The zero-order valence-corrected chi connectivity index (χ0v) is 26.4. The fraction of sp³-hybridized carbons (Fsp3) is 0.457. The maximum atomic E-state index is 15.0. The Morgan fingerprint density at radius 1 is 0.860 bits per heavy atom. The first-order valence-corrected chi connectivity index (χ1v) is 16.1. The van der Waals surface area contributed by atoms with E-state index in [9.17, 15) is 19.5 Å². The first-order chi connectivity index (χ1) is 20.5. The number of benzene rings is 2. The second-order valence-electron chi connectivity index (χ2n) is 13.0. The molecule has 2 aromatic carbocycles. The van der Waals surface area contributed by atoms with Crippen molar-refractivity contribution < 1.29 is 19.5 Å². The summed E-state index contributed by atoms with van der Waals surface area (Å²) >= 11 is 1.58. The molecule has 6 atom stereocenters. The molecule has 4 aliphatic rings. The van der Waals surface area contributed by atoms with E-state index in [1.807, 2.05) is 87.5 Å². The van der Waals surface area contributed by atoms with Crippen LogP contribution in [0.4, 0.5) is 11.4 Å². The number of nitrogens with zero attached hydrogens (tertiary/aromatic N) is 3. The molecule has 0 saturated carbocycles. The van der Waals surface area contributed by atoms with Crippen LogP contribution in [0.1, 0.15) is 38.3 Å². The van der Waals surface area contributed by atoms with Gasteiger partial charge in [-0.1, -0.05) is 74.5 Å². The van der Waals surface area contributed by atoms with Crippen LogP contribution >= 0.6 is 11.8 Å². The van der Waals surface area contributed by atoms with Gasteiger partial charge in [-0.05, 0) is 56.4 Å². The molecule has 0 radical (unpaired) electrons. The summed E-state index contributed by atoms with van der Waals surface area (Å²) in [6, 6.07) is 14.2. The predicted octanol–water partition coefficient (Wildman–Crippen LogP) is 4.90. The molecule has 7 nitrogen and oxygen atoms in total. The van der Waals surface area contributed by atoms with E-state index in [0.717, 1.165) is 22.5 Å². The van der Waals surface area contributed by atoms with Crippen LogP contribution in [0.2, 0.25) is 0 Å². The molecule has 226 valence electrons. The van der Waals surface area contributed by atoms with E-state index in [1.165, 1.54) is 0 Å². The molecular formula is C35H41N3O4S. The van der Waals surface area contributed by atoms with Crippen molar-refractivity contribution in [2.24, 2.45) is 17.8 Å². The number of carbonyl (C=O) groups is 3. The summed E-state index contributed by atoms with van der Waals surface area (Å²) in [6.45, 7) is 10.7. The number of likely N-dealkylation sites (tertiary alicyclic amines) is 1. The smallest absolute Gasteiger partial charge is 0.251 e. The highest BCUT2D eigenvalue weighted by Crippen LogP contribution is 2.66. The van der Waals surface area contributed by atoms with E-state index in [-0.39, 0.29) is 30.2 Å². The van der Waals surface area contributed by atoms with Crippen LogP contribution in [0.15, 0.2) is 72.8 Å². The summed E-state index contributed by atoms with van der Waals surface area (Å²) in [5.74, 6) is -1.73. The van der Waals surface area contributed by atoms with Crippen molar-refractivity contribution in [3.8, 4) is 0 Å². The molecule has 0 bridgehead atoms. The summed E-state index contributed by atoms with van der Waals surface area (Å²) in [5.41, 5.74) is 3.61. The number of anilines is 2. The Balaban J connectivity index is 1.52. The summed E-state index contributed by atoms with van der Waals surface area (Å²) in [6.07, 6.45) is 8.71. The van der Waals surface area contributed by atoms with Crippen LogP contribution in [0.3, 0.4) is 0 Å². The van der Waals surface area contributed by atoms with E-state index in [0.29, 0.717) is 19.5 Å². The molecule has 4 aliphatic heterocycles. The van der Waals surface area contributed by atoms with Crippen molar-refractivity contribution in [3.63, 3.8) is 0 Å². The maximum absolute atomic E-state index is 15.0. The highest BCUT2D eigenvalue weighted by atomic mass is 32.2. The largest absolute Gasteiger partial charge is 0.394 e. The van der Waals surface area contributed by atoms with Gasteiger partial charge in [0.25, 0.3) is 5.91 Å². The number of aliphatic hydroxyl groups excluding tert-OH is 1. The number of thioether (sulfide) groups is 1. The molecule has 1 spiro atoms. The predicted molar refractivity (Wildman–Crippen MR) is 172 cm³/mol. The third-order valence-electron chi connectivity index (χ3n) is 9.62. The molecule has 43 heavy (non-hydrogen) atoms. The van der Waals surface area contributed by atoms with Crippen molar-refractivity contribution >= 4 is 40.9 Å². The third kappa shape index (κ3) is 4.56. The molecule has 2 fully saturated rings. The van der Waals surface area contributed by atoms with Crippen molar-refractivity contribution in [2.45, 2.75) is 62.6 Å². The monoisotopic (exact) mass is 599 g/mol. The van der Waals surface area contributed by atoms with Crippen LogP contribution in [0.25, 0.3) is 0 Å². The zero-order chi connectivity index (χ0) is 30.7. The first-order valence-electron chi connectivity index (χ1n) is 15.3. The molecule has 4 heterocycles. The van der Waals surface area contributed by atoms with E-state index in [4.69, 9.17) is 0 Å². The summed E-state index contributed by atoms with van der Waals surface area (Å²) in [5, 5.41) is 10.7. The maximum Gasteiger partial charge on any atom is 0.251 e. The van der Waals surface area contributed by atoms with Crippen LogP contribution in [-0.2, 0) is 14.4 Å². The Morgan fingerprint density at radius 2 is 1.51 bits per heavy atom. The number of para-hydroxylation sites is 2. The minimum Gasteiger partial charge on any atom is -0.394 e. The van der Waals surface area contributed by atoms with Crippen LogP contribution in [0.5, 0.6) is 0 Å². The molecule has 1 N–H and O–H groups in total. The van der Waals surface area contributed by atoms with E-state index in [1.54, 1.807) is 26.5 Å². The Kier molecular flexibility index (Phi) is 7.58. The third-order valence-corrected chi connectivity index (χ3v) is 11.4. The Bertz CT molecular complexity index is 1490. The number of fused-ring (bicyclic) bond motifs is 2. The molecular weight excluding hydrogens is 558 g/mol. The van der Waals surface area contributed by atoms with Gasteiger partial charge < -0.3 is 19.8 Å². The fourth-order valence-corrected chi connectivity index (χ4v) is 10.1. The van der Waals surface area contributed by atoms with Gasteiger partial charge in [-0.25, -0.2) is 0 Å². The number of aryl methyl sites for hydroxylation is 2. The number of hydrogen-bond acceptors (Lipinski definition) is 5. The number of amides is 3. The topological polar surface area (TPSA) is 81.2 Å². The van der Waals surface area contributed by atoms with E-state index < -0.39 is 33.4 Å². The minimum absolute atomic E-state index is 0.108. The van der Waals surface area contributed by atoms with Gasteiger partial charge in [-0.2, -0.15) is 0 Å². The number of carbonyl (C=O) groups excluding carboxylic acids is 3. The minimum atomic E-state index is -0.969. The summed E-state index contributed by atoms with van der Waals surface area (Å²) in [4.78, 5) is 49.7. The molecule has 0 aliphatic carbocycles. The second-order valence-corrected chi connectivity index (χ2v) is 14.8. The summed E-state index contributed by atoms with van der Waals surface area (Å²) < 4.78 is -1.67. The van der Waals surface area contributed by atoms with Gasteiger partial charge in [0.15, 0.2) is 0 Å². The molecule has 2 aromatic rings. The van der Waals surface area contributed by atoms with Crippen LogP contribution in [0, 0.1) is 31.6 Å². The second kappa shape index (κ2) is 11.0. The number of hydrogen-bond donors (Lipinski definition) is 1. The van der Waals surface area contributed by atoms with Crippen LogP contribution < -0.4 is 9.80 Å². The van der Waals surface area contributed by atoms with Crippen molar-refractivity contribution in [2.75, 3.05) is 29.5 Å². The van der Waals surface area contributed by atoms with E-state index >= 15 is 0 Å². The van der Waals surface area contributed by atoms with Crippen molar-refractivity contribution in [1.82, 2.24) is 4.90 Å². The Labute approximate surface area is 258 Å². The van der Waals surface area contributed by atoms with Gasteiger partial charge in [0.1, 0.15) is 6.04 Å². The van der Waals surface area contributed by atoms with E-state index in [2.05, 4.69) is 19.9 Å². The van der Waals surface area contributed by atoms with Gasteiger partial charge in [0.05, 0.1) is 29.2 Å². The molecule has 6 rings (SSSR count). The molecule has 2 saturated heterocycles. The van der Waals surface area contributed by atoms with Crippen molar-refractivity contribution in [1.29, 1.82) is 0 Å². The molecule has 1 unspecified atom stereocenters. The normalized spacial score (nSPS) is 30.8. The van der Waals surface area contributed by atoms with Gasteiger partial charge in [0.2, 0.25) is 11.8 Å². The SMILES string of the molecule is Cc1cccc(C)c1N1CC=C[C@]23S[C@@]4(C)C=CCN(c5ccccc5)C(=O)[C@H]4[C@H]2C(=O)N([C@@H](CO)CC(C)C)C3C1=O. The average molecular weight is 600 g/mol. The first kappa shape index (κ1) is 29.7. The lowest BCUT2D eigenvalue weighted by molar-refractivity contribution is -0.142. The Hall–Kier alpha value is -3.36. The van der Waals surface area contributed by atoms with Crippen molar-refractivity contribution in [3.05, 3.63) is 84.0 Å². The fourth-order valence-electron chi connectivity index (χ4n) is 7.95. The Morgan fingerprint density at radius 3 is 2.16 bits per heavy atom. The average Bonchev–Trinajstić information content (AvgIpc) is 3.24. The highest BCUT2D eigenvalue weighted by molar-refractivity contribution is 8.02. The van der Waals surface area contributed by atoms with Gasteiger partial charge in [0, 0.05) is 29.2 Å². The molecule has 3 amide bonds. The lowest BCUT2D eigenvalue weighted by atomic mass is 9.74.